The van der Waals surface area contributed by atoms with Gasteiger partial charge in [-0.1, -0.05) is 12.1 Å². The second kappa shape index (κ2) is 7.48. The van der Waals surface area contributed by atoms with E-state index in [1.54, 1.807) is 19.1 Å². The van der Waals surface area contributed by atoms with E-state index in [0.29, 0.717) is 5.76 Å². The fourth-order valence-corrected chi connectivity index (χ4v) is 2.40. The number of carbonyl (C=O) groups excluding carboxylic acids is 1. The van der Waals surface area contributed by atoms with Crippen LogP contribution in [0.4, 0.5) is 24.7 Å². The first kappa shape index (κ1) is 18.4. The number of halogens is 3. The number of nitrogens with zero attached hydrogens (tertiary/aromatic N) is 2. The molecule has 0 saturated carbocycles. The third kappa shape index (κ3) is 4.63. The highest BCUT2D eigenvalue weighted by atomic mass is 19.4. The zero-order valence-electron chi connectivity index (χ0n) is 14.2. The monoisotopic (exact) mass is 376 g/mol. The predicted molar refractivity (Wildman–Crippen MR) is 91.4 cm³/mol. The summed E-state index contributed by atoms with van der Waals surface area (Å²) in [6.45, 7) is 1.71. The first-order valence-corrected chi connectivity index (χ1v) is 7.92. The molecule has 0 aliphatic rings. The third-order valence-corrected chi connectivity index (χ3v) is 3.57. The van der Waals surface area contributed by atoms with Crippen LogP contribution in [0.5, 0.6) is 0 Å². The highest BCUT2D eigenvalue weighted by molar-refractivity contribution is 5.93. The summed E-state index contributed by atoms with van der Waals surface area (Å²) in [7, 11) is 0. The summed E-state index contributed by atoms with van der Waals surface area (Å²) < 4.78 is 44.5. The van der Waals surface area contributed by atoms with Gasteiger partial charge in [-0.3, -0.25) is 4.79 Å². The Labute approximate surface area is 152 Å². The van der Waals surface area contributed by atoms with Crippen molar-refractivity contribution in [2.45, 2.75) is 19.6 Å². The first-order chi connectivity index (χ1) is 12.8. The van der Waals surface area contributed by atoms with Gasteiger partial charge in [-0.15, -0.1) is 0 Å². The molecule has 3 rings (SSSR count). The lowest BCUT2D eigenvalue weighted by Crippen LogP contribution is -2.24. The van der Waals surface area contributed by atoms with Gasteiger partial charge in [-0.2, -0.15) is 13.2 Å². The van der Waals surface area contributed by atoms with E-state index in [1.165, 1.54) is 30.5 Å². The molecule has 2 heterocycles. The SMILES string of the molecule is Cc1nc(Nc2ccccc2C(F)(F)F)cc(C(=O)NCc2ccco2)n1. The molecule has 27 heavy (non-hydrogen) atoms. The normalized spacial score (nSPS) is 11.3. The topological polar surface area (TPSA) is 80.0 Å². The maximum absolute atomic E-state index is 13.1. The standard InChI is InChI=1S/C18H15F3N4O2/c1-11-23-15(17(26)22-10-12-5-4-8-27-12)9-16(24-11)25-14-7-3-2-6-13(14)18(19,20)21/h2-9H,10H2,1H3,(H,22,26)(H,23,24,25). The number of rotatable bonds is 5. The van der Waals surface area contributed by atoms with Crippen molar-refractivity contribution in [2.75, 3.05) is 5.32 Å². The fraction of sp³-hybridized carbons (Fsp3) is 0.167. The Morgan fingerprint density at radius 2 is 1.93 bits per heavy atom. The zero-order valence-corrected chi connectivity index (χ0v) is 14.2. The number of para-hydroxylation sites is 1. The predicted octanol–water partition coefficient (Wildman–Crippen LogP) is 4.07. The van der Waals surface area contributed by atoms with E-state index in [0.717, 1.165) is 6.07 Å². The molecule has 0 saturated heterocycles. The van der Waals surface area contributed by atoms with Gasteiger partial charge < -0.3 is 15.1 Å². The number of anilines is 2. The van der Waals surface area contributed by atoms with Crippen LogP contribution >= 0.6 is 0 Å². The van der Waals surface area contributed by atoms with E-state index < -0.39 is 17.6 Å². The summed E-state index contributed by atoms with van der Waals surface area (Å²) in [4.78, 5) is 20.4. The quantitative estimate of drug-likeness (QED) is 0.702. The highest BCUT2D eigenvalue weighted by Crippen LogP contribution is 2.35. The van der Waals surface area contributed by atoms with Crippen LogP contribution in [0.15, 0.2) is 53.1 Å². The summed E-state index contributed by atoms with van der Waals surface area (Å²) in [5, 5.41) is 5.24. The lowest BCUT2D eigenvalue weighted by atomic mass is 10.1. The Bertz CT molecular complexity index is 940. The van der Waals surface area contributed by atoms with Gasteiger partial charge in [-0.05, 0) is 31.2 Å². The van der Waals surface area contributed by atoms with E-state index in [2.05, 4.69) is 20.6 Å². The Hall–Kier alpha value is -3.36. The average Bonchev–Trinajstić information content (AvgIpc) is 3.12. The zero-order chi connectivity index (χ0) is 19.4. The minimum Gasteiger partial charge on any atom is -0.467 e. The molecule has 0 atom stereocenters. The molecule has 0 radical (unpaired) electrons. The van der Waals surface area contributed by atoms with E-state index in [4.69, 9.17) is 4.42 Å². The molecule has 9 heteroatoms. The molecule has 1 amide bonds. The Morgan fingerprint density at radius 3 is 2.63 bits per heavy atom. The second-order valence-electron chi connectivity index (χ2n) is 5.62. The van der Waals surface area contributed by atoms with Gasteiger partial charge in [0.25, 0.3) is 5.91 Å². The third-order valence-electron chi connectivity index (χ3n) is 3.57. The number of carbonyl (C=O) groups is 1. The molecule has 0 unspecified atom stereocenters. The molecular formula is C18H15F3N4O2. The van der Waals surface area contributed by atoms with E-state index >= 15 is 0 Å². The number of amides is 1. The van der Waals surface area contributed by atoms with Crippen molar-refractivity contribution in [3.05, 3.63) is 71.6 Å². The van der Waals surface area contributed by atoms with Gasteiger partial charge in [0.1, 0.15) is 23.1 Å². The van der Waals surface area contributed by atoms with Crippen LogP contribution in [0.1, 0.15) is 27.6 Å². The van der Waals surface area contributed by atoms with Crippen LogP contribution in [-0.4, -0.2) is 15.9 Å². The summed E-state index contributed by atoms with van der Waals surface area (Å²) in [5.74, 6) is 0.394. The van der Waals surface area contributed by atoms with Gasteiger partial charge in [0, 0.05) is 6.07 Å². The number of hydrogen-bond donors (Lipinski definition) is 2. The van der Waals surface area contributed by atoms with Gasteiger partial charge >= 0.3 is 6.18 Å². The van der Waals surface area contributed by atoms with Gasteiger partial charge in [0.2, 0.25) is 0 Å². The van der Waals surface area contributed by atoms with Crippen molar-refractivity contribution in [1.82, 2.24) is 15.3 Å². The molecule has 0 aliphatic heterocycles. The first-order valence-electron chi connectivity index (χ1n) is 7.92. The van der Waals surface area contributed by atoms with E-state index in [-0.39, 0.29) is 29.6 Å². The Balaban J connectivity index is 1.81. The molecule has 0 bridgehead atoms. The van der Waals surface area contributed by atoms with E-state index in [9.17, 15) is 18.0 Å². The van der Waals surface area contributed by atoms with Crippen LogP contribution < -0.4 is 10.6 Å². The molecule has 0 spiro atoms. The number of hydrogen-bond acceptors (Lipinski definition) is 5. The van der Waals surface area contributed by atoms with E-state index in [1.807, 2.05) is 0 Å². The van der Waals surface area contributed by atoms with Crippen LogP contribution in [0, 0.1) is 6.92 Å². The minimum atomic E-state index is -4.52. The molecule has 0 fully saturated rings. The fourth-order valence-electron chi connectivity index (χ4n) is 2.40. The Morgan fingerprint density at radius 1 is 1.15 bits per heavy atom. The molecule has 2 aromatic heterocycles. The largest absolute Gasteiger partial charge is 0.467 e. The number of aryl methyl sites for hydroxylation is 1. The minimum absolute atomic E-state index is 0.0287. The molecule has 3 aromatic rings. The molecular weight excluding hydrogens is 361 g/mol. The molecule has 1 aromatic carbocycles. The molecule has 140 valence electrons. The Kier molecular flexibility index (Phi) is 5.11. The number of furan rings is 1. The van der Waals surface area contributed by atoms with Crippen LogP contribution in [0.25, 0.3) is 0 Å². The van der Waals surface area contributed by atoms with Gasteiger partial charge in [0.15, 0.2) is 0 Å². The van der Waals surface area contributed by atoms with Crippen molar-refractivity contribution >= 4 is 17.4 Å². The van der Waals surface area contributed by atoms with Crippen LogP contribution in [0.3, 0.4) is 0 Å². The summed E-state index contributed by atoms with van der Waals surface area (Å²) in [5.41, 5.74) is -0.962. The van der Waals surface area contributed by atoms with Gasteiger partial charge in [-0.25, -0.2) is 9.97 Å². The second-order valence-corrected chi connectivity index (χ2v) is 5.62. The number of benzene rings is 1. The maximum Gasteiger partial charge on any atom is 0.418 e. The lowest BCUT2D eigenvalue weighted by molar-refractivity contribution is -0.136. The van der Waals surface area contributed by atoms with Crippen molar-refractivity contribution in [1.29, 1.82) is 0 Å². The van der Waals surface area contributed by atoms with Crippen LogP contribution in [0.2, 0.25) is 0 Å². The van der Waals surface area contributed by atoms with Crippen molar-refractivity contribution in [3.63, 3.8) is 0 Å². The molecule has 2 N–H and O–H groups in total. The number of aromatic nitrogens is 2. The summed E-state index contributed by atoms with van der Waals surface area (Å²) >= 11 is 0. The number of alkyl halides is 3. The molecule has 0 aliphatic carbocycles. The highest BCUT2D eigenvalue weighted by Gasteiger charge is 2.33. The van der Waals surface area contributed by atoms with Crippen molar-refractivity contribution < 1.29 is 22.4 Å². The van der Waals surface area contributed by atoms with Gasteiger partial charge in [0.05, 0.1) is 24.1 Å². The summed E-state index contributed by atoms with van der Waals surface area (Å²) in [6, 6.07) is 9.71. The van der Waals surface area contributed by atoms with Crippen molar-refractivity contribution in [3.8, 4) is 0 Å². The smallest absolute Gasteiger partial charge is 0.418 e. The van der Waals surface area contributed by atoms with Crippen molar-refractivity contribution in [2.24, 2.45) is 0 Å². The molecule has 6 nitrogen and oxygen atoms in total. The van der Waals surface area contributed by atoms with Crippen LogP contribution in [-0.2, 0) is 12.7 Å². The lowest BCUT2D eigenvalue weighted by Gasteiger charge is -2.14. The maximum atomic E-state index is 13.1. The number of nitrogens with one attached hydrogen (secondary N) is 2. The summed E-state index contributed by atoms with van der Waals surface area (Å²) in [6.07, 6.45) is -3.04. The average molecular weight is 376 g/mol.